The van der Waals surface area contributed by atoms with Gasteiger partial charge in [0.2, 0.25) is 0 Å². The molecule has 5 rings (SSSR count). The number of hydrogen-bond donors (Lipinski definition) is 1. The van der Waals surface area contributed by atoms with E-state index in [1.807, 2.05) is 48.7 Å². The Morgan fingerprint density at radius 1 is 0.895 bits per heavy atom. The molecule has 190 valence electrons. The zero-order chi connectivity index (χ0) is 26.6. The molecular weight excluding hydrogens is 479 g/mol. The minimum atomic E-state index is -0.317. The van der Waals surface area contributed by atoms with Gasteiger partial charge < -0.3 is 10.2 Å². The third kappa shape index (κ3) is 5.18. The summed E-state index contributed by atoms with van der Waals surface area (Å²) in [5.41, 5.74) is 4.92. The van der Waals surface area contributed by atoms with Crippen molar-refractivity contribution in [2.75, 3.05) is 11.9 Å². The second-order valence-electron chi connectivity index (χ2n) is 9.01. The average molecular weight is 507 g/mol. The van der Waals surface area contributed by atoms with Gasteiger partial charge in [0.15, 0.2) is 0 Å². The number of imidazole rings is 1. The Morgan fingerprint density at radius 3 is 2.26 bits per heavy atom. The van der Waals surface area contributed by atoms with Gasteiger partial charge in [0.1, 0.15) is 11.6 Å². The fourth-order valence-electron chi connectivity index (χ4n) is 4.47. The highest BCUT2D eigenvalue weighted by atomic mass is 19.1. The van der Waals surface area contributed by atoms with Gasteiger partial charge in [0.05, 0.1) is 11.0 Å². The maximum absolute atomic E-state index is 13.4. The lowest BCUT2D eigenvalue weighted by Gasteiger charge is -2.21. The van der Waals surface area contributed by atoms with Gasteiger partial charge in [-0.15, -0.1) is 0 Å². The van der Waals surface area contributed by atoms with E-state index in [0.29, 0.717) is 29.9 Å². The molecule has 0 radical (unpaired) electrons. The van der Waals surface area contributed by atoms with Gasteiger partial charge in [-0.05, 0) is 86.1 Å². The van der Waals surface area contributed by atoms with Gasteiger partial charge in [-0.25, -0.2) is 9.37 Å². The smallest absolute Gasteiger partial charge is 0.255 e. The Bertz CT molecular complexity index is 1590. The van der Waals surface area contributed by atoms with Crippen LogP contribution in [0.1, 0.15) is 39.0 Å². The Labute approximate surface area is 220 Å². The van der Waals surface area contributed by atoms with Crippen LogP contribution in [0.2, 0.25) is 0 Å². The second-order valence-corrected chi connectivity index (χ2v) is 9.01. The number of aromatic nitrogens is 2. The van der Waals surface area contributed by atoms with E-state index in [9.17, 15) is 14.0 Å². The zero-order valence-electron chi connectivity index (χ0n) is 21.2. The Balaban J connectivity index is 1.32. The maximum atomic E-state index is 13.4. The fourth-order valence-corrected chi connectivity index (χ4v) is 4.47. The molecule has 5 aromatic rings. The van der Waals surface area contributed by atoms with Crippen LogP contribution in [0.3, 0.4) is 0 Å². The van der Waals surface area contributed by atoms with Crippen LogP contribution in [0, 0.1) is 12.7 Å². The van der Waals surface area contributed by atoms with Gasteiger partial charge >= 0.3 is 0 Å². The largest absolute Gasteiger partial charge is 0.335 e. The fraction of sp³-hybridized carbons (Fsp3) is 0.129. The quantitative estimate of drug-likeness (QED) is 0.278. The number of amides is 2. The molecule has 0 aliphatic carbocycles. The SMILES string of the molecule is CCN(Cc1ccccc1)C(=O)c1ccc(NC(=O)c2ccc3nc(C)n(-c4ccc(F)cc4)c3c2)cc1. The standard InChI is InChI=1S/C31H27FN4O2/c1-3-35(20-22-7-5-4-6-8-22)31(38)23-9-14-26(15-10-23)34-30(37)24-11-18-28-29(19-24)36(21(2)33-28)27-16-12-25(32)13-17-27/h4-19H,3,20H2,1-2H3,(H,34,37). The van der Waals surface area contributed by atoms with Crippen LogP contribution >= 0.6 is 0 Å². The predicted molar refractivity (Wildman–Crippen MR) is 147 cm³/mol. The number of aryl methyl sites for hydroxylation is 1. The van der Waals surface area contributed by atoms with Gasteiger partial charge in [0, 0.05) is 35.6 Å². The summed E-state index contributed by atoms with van der Waals surface area (Å²) in [6.07, 6.45) is 0. The summed E-state index contributed by atoms with van der Waals surface area (Å²) in [6.45, 7) is 4.94. The molecule has 0 aliphatic rings. The van der Waals surface area contributed by atoms with Crippen LogP contribution in [0.4, 0.5) is 10.1 Å². The molecule has 2 amide bonds. The molecular formula is C31H27FN4O2. The molecule has 0 saturated heterocycles. The van der Waals surface area contributed by atoms with E-state index in [1.54, 1.807) is 59.5 Å². The number of nitrogens with one attached hydrogen (secondary N) is 1. The number of anilines is 1. The van der Waals surface area contributed by atoms with Crippen LogP contribution in [0.5, 0.6) is 0 Å². The summed E-state index contributed by atoms with van der Waals surface area (Å²) in [7, 11) is 0. The predicted octanol–water partition coefficient (Wildman–Crippen LogP) is 6.39. The molecule has 1 N–H and O–H groups in total. The average Bonchev–Trinajstić information content (AvgIpc) is 3.27. The summed E-state index contributed by atoms with van der Waals surface area (Å²) in [5, 5.41) is 2.90. The number of hydrogen-bond acceptors (Lipinski definition) is 3. The lowest BCUT2D eigenvalue weighted by atomic mass is 10.1. The second kappa shape index (κ2) is 10.7. The van der Waals surface area contributed by atoms with Crippen LogP contribution in [0.15, 0.2) is 97.1 Å². The molecule has 38 heavy (non-hydrogen) atoms. The maximum Gasteiger partial charge on any atom is 0.255 e. The summed E-state index contributed by atoms with van der Waals surface area (Å²) in [4.78, 5) is 32.5. The number of halogens is 1. The highest BCUT2D eigenvalue weighted by Crippen LogP contribution is 2.23. The van der Waals surface area contributed by atoms with Gasteiger partial charge in [-0.3, -0.25) is 14.2 Å². The molecule has 6 nitrogen and oxygen atoms in total. The summed E-state index contributed by atoms with van der Waals surface area (Å²) in [5.74, 6) is 0.0684. The van der Waals surface area contributed by atoms with Crippen molar-refractivity contribution >= 4 is 28.5 Å². The number of benzene rings is 4. The van der Waals surface area contributed by atoms with Gasteiger partial charge in [-0.2, -0.15) is 0 Å². The first-order valence-corrected chi connectivity index (χ1v) is 12.4. The number of rotatable bonds is 7. The molecule has 0 spiro atoms. The third-order valence-electron chi connectivity index (χ3n) is 6.44. The van der Waals surface area contributed by atoms with E-state index in [0.717, 1.165) is 28.1 Å². The van der Waals surface area contributed by atoms with Crippen LogP contribution in [-0.2, 0) is 6.54 Å². The van der Waals surface area contributed by atoms with E-state index in [1.165, 1.54) is 12.1 Å². The summed E-state index contributed by atoms with van der Waals surface area (Å²) >= 11 is 0. The van der Waals surface area contributed by atoms with Crippen molar-refractivity contribution in [2.24, 2.45) is 0 Å². The van der Waals surface area contributed by atoms with E-state index < -0.39 is 0 Å². The van der Waals surface area contributed by atoms with Crippen molar-refractivity contribution in [2.45, 2.75) is 20.4 Å². The minimum Gasteiger partial charge on any atom is -0.335 e. The summed E-state index contributed by atoms with van der Waals surface area (Å²) in [6, 6.07) is 28.2. The Morgan fingerprint density at radius 2 is 1.58 bits per heavy atom. The topological polar surface area (TPSA) is 67.2 Å². The zero-order valence-corrected chi connectivity index (χ0v) is 21.2. The normalized spacial score (nSPS) is 10.9. The molecule has 4 aromatic carbocycles. The van der Waals surface area contributed by atoms with Crippen LogP contribution in [-0.4, -0.2) is 32.8 Å². The number of carbonyl (C=O) groups excluding carboxylic acids is 2. The van der Waals surface area contributed by atoms with E-state index in [-0.39, 0.29) is 17.6 Å². The lowest BCUT2D eigenvalue weighted by molar-refractivity contribution is 0.0752. The molecule has 0 bridgehead atoms. The first kappa shape index (κ1) is 24.9. The number of nitrogens with zero attached hydrogens (tertiary/aromatic N) is 3. The van der Waals surface area contributed by atoms with E-state index >= 15 is 0 Å². The summed E-state index contributed by atoms with van der Waals surface area (Å²) < 4.78 is 15.3. The highest BCUT2D eigenvalue weighted by Gasteiger charge is 2.16. The van der Waals surface area contributed by atoms with E-state index in [4.69, 9.17) is 0 Å². The third-order valence-corrected chi connectivity index (χ3v) is 6.44. The molecule has 0 unspecified atom stereocenters. The van der Waals surface area contributed by atoms with Crippen LogP contribution in [0.25, 0.3) is 16.7 Å². The molecule has 1 heterocycles. The Hall–Kier alpha value is -4.78. The van der Waals surface area contributed by atoms with E-state index in [2.05, 4.69) is 10.3 Å². The molecule has 7 heteroatoms. The highest BCUT2D eigenvalue weighted by molar-refractivity contribution is 6.06. The van der Waals surface area contributed by atoms with Crippen molar-refractivity contribution < 1.29 is 14.0 Å². The number of carbonyl (C=O) groups is 2. The van der Waals surface area contributed by atoms with Crippen molar-refractivity contribution in [3.63, 3.8) is 0 Å². The van der Waals surface area contributed by atoms with Gasteiger partial charge in [-0.1, -0.05) is 30.3 Å². The molecule has 0 fully saturated rings. The molecule has 0 aliphatic heterocycles. The monoisotopic (exact) mass is 506 g/mol. The van der Waals surface area contributed by atoms with Crippen molar-refractivity contribution in [1.82, 2.24) is 14.5 Å². The molecule has 1 aromatic heterocycles. The van der Waals surface area contributed by atoms with Crippen molar-refractivity contribution in [3.05, 3.63) is 125 Å². The van der Waals surface area contributed by atoms with Gasteiger partial charge in [0.25, 0.3) is 11.8 Å². The Kier molecular flexibility index (Phi) is 7.00. The minimum absolute atomic E-state index is 0.0656. The first-order chi connectivity index (χ1) is 18.4. The number of fused-ring (bicyclic) bond motifs is 1. The van der Waals surface area contributed by atoms with Crippen molar-refractivity contribution in [3.8, 4) is 5.69 Å². The lowest BCUT2D eigenvalue weighted by Crippen LogP contribution is -2.30. The molecule has 0 atom stereocenters. The molecule has 0 saturated carbocycles. The first-order valence-electron chi connectivity index (χ1n) is 12.4. The van der Waals surface area contributed by atoms with Crippen LogP contribution < -0.4 is 5.32 Å². The van der Waals surface area contributed by atoms with Crippen molar-refractivity contribution in [1.29, 1.82) is 0 Å².